The molecule has 1 N–H and O–H groups in total. The molecule has 0 saturated carbocycles. The minimum atomic E-state index is -0.0900. The Morgan fingerprint density at radius 1 is 1.06 bits per heavy atom. The number of hydrogen-bond acceptors (Lipinski definition) is 5. The molecule has 0 bridgehead atoms. The van der Waals surface area contributed by atoms with Crippen LogP contribution in [0.4, 0.5) is 10.5 Å². The van der Waals surface area contributed by atoms with Gasteiger partial charge in [0.25, 0.3) is 0 Å². The third-order valence-corrected chi connectivity index (χ3v) is 5.31. The molecule has 3 rings (SSSR count). The molecule has 31 heavy (non-hydrogen) atoms. The number of rotatable bonds is 9. The van der Waals surface area contributed by atoms with Crippen molar-refractivity contribution in [2.24, 2.45) is 0 Å². The fraction of sp³-hybridized carbons (Fsp3) is 0.375. The Bertz CT molecular complexity index is 848. The summed E-state index contributed by atoms with van der Waals surface area (Å²) < 4.78 is 16.5. The van der Waals surface area contributed by atoms with Gasteiger partial charge in [-0.3, -0.25) is 4.90 Å². The average molecular weight is 426 g/mol. The second-order valence-corrected chi connectivity index (χ2v) is 7.33. The van der Waals surface area contributed by atoms with Crippen molar-refractivity contribution in [3.8, 4) is 11.5 Å². The molecule has 0 spiro atoms. The molecule has 2 aromatic carbocycles. The molecular formula is C24H31N3O4. The molecule has 0 aliphatic carbocycles. The van der Waals surface area contributed by atoms with Crippen molar-refractivity contribution in [2.75, 3.05) is 58.9 Å². The number of benzene rings is 2. The lowest BCUT2D eigenvalue weighted by atomic mass is 10.1. The van der Waals surface area contributed by atoms with Crippen LogP contribution in [-0.2, 0) is 4.74 Å². The molecule has 166 valence electrons. The fourth-order valence-electron chi connectivity index (χ4n) is 3.53. The van der Waals surface area contributed by atoms with E-state index in [0.717, 1.165) is 42.4 Å². The summed E-state index contributed by atoms with van der Waals surface area (Å²) in [5.74, 6) is 1.57. The van der Waals surface area contributed by atoms with Gasteiger partial charge in [-0.05, 0) is 42.0 Å². The lowest BCUT2D eigenvalue weighted by Gasteiger charge is -2.36. The van der Waals surface area contributed by atoms with E-state index >= 15 is 0 Å². The molecular weight excluding hydrogens is 394 g/mol. The van der Waals surface area contributed by atoms with E-state index < -0.39 is 0 Å². The summed E-state index contributed by atoms with van der Waals surface area (Å²) in [4.78, 5) is 16.8. The Kier molecular flexibility index (Phi) is 8.32. The summed E-state index contributed by atoms with van der Waals surface area (Å²) in [6.07, 6.45) is 1.67. The van der Waals surface area contributed by atoms with E-state index in [1.807, 2.05) is 47.4 Å². The van der Waals surface area contributed by atoms with Gasteiger partial charge in [0.2, 0.25) is 0 Å². The second-order valence-electron chi connectivity index (χ2n) is 7.33. The van der Waals surface area contributed by atoms with E-state index in [-0.39, 0.29) is 12.1 Å². The highest BCUT2D eigenvalue weighted by atomic mass is 16.5. The maximum Gasteiger partial charge on any atom is 0.321 e. The average Bonchev–Trinajstić information content (AvgIpc) is 2.82. The zero-order valence-electron chi connectivity index (χ0n) is 18.3. The van der Waals surface area contributed by atoms with Crippen molar-refractivity contribution in [3.63, 3.8) is 0 Å². The van der Waals surface area contributed by atoms with E-state index in [4.69, 9.17) is 14.2 Å². The number of nitrogens with zero attached hydrogens (tertiary/aromatic N) is 2. The molecule has 7 nitrogen and oxygen atoms in total. The van der Waals surface area contributed by atoms with E-state index in [0.29, 0.717) is 19.7 Å². The highest BCUT2D eigenvalue weighted by molar-refractivity contribution is 5.89. The van der Waals surface area contributed by atoms with Gasteiger partial charge >= 0.3 is 6.03 Å². The molecule has 0 aromatic heterocycles. The fourth-order valence-corrected chi connectivity index (χ4v) is 3.53. The molecule has 7 heteroatoms. The van der Waals surface area contributed by atoms with Crippen LogP contribution in [0, 0.1) is 0 Å². The van der Waals surface area contributed by atoms with Gasteiger partial charge in [0.1, 0.15) is 11.5 Å². The number of methoxy groups -OCH3 is 2. The zero-order chi connectivity index (χ0) is 22.1. The summed E-state index contributed by atoms with van der Waals surface area (Å²) in [5.41, 5.74) is 1.82. The maximum absolute atomic E-state index is 12.6. The number of hydrogen-bond donors (Lipinski definition) is 1. The Hall–Kier alpha value is -3.03. The minimum absolute atomic E-state index is 0.0860. The Morgan fingerprint density at radius 2 is 1.77 bits per heavy atom. The first kappa shape index (κ1) is 22.7. The normalized spacial score (nSPS) is 15.2. The van der Waals surface area contributed by atoms with Crippen LogP contribution in [0.2, 0.25) is 0 Å². The highest BCUT2D eigenvalue weighted by Gasteiger charge is 2.24. The van der Waals surface area contributed by atoms with Crippen molar-refractivity contribution in [3.05, 3.63) is 66.7 Å². The third-order valence-electron chi connectivity index (χ3n) is 5.31. The number of amides is 2. The highest BCUT2D eigenvalue weighted by Crippen LogP contribution is 2.24. The van der Waals surface area contributed by atoms with Gasteiger partial charge in [-0.25, -0.2) is 4.79 Å². The lowest BCUT2D eigenvalue weighted by Crippen LogP contribution is -2.50. The standard InChI is InChI=1S/C24H31N3O4/c1-4-16-31-23(19-6-5-7-22(17-19)30-3)18-26-12-14-27(15-13-26)24(28)25-20-8-10-21(29-2)11-9-20/h4-11,17,23H,1,12-16,18H2,2-3H3,(H,25,28)/t23-/m0/s1. The molecule has 2 aromatic rings. The molecule has 1 aliphatic heterocycles. The van der Waals surface area contributed by atoms with Crippen LogP contribution in [0.5, 0.6) is 11.5 Å². The third kappa shape index (κ3) is 6.47. The molecule has 1 atom stereocenters. The van der Waals surface area contributed by atoms with Crippen molar-refractivity contribution in [2.45, 2.75) is 6.10 Å². The van der Waals surface area contributed by atoms with Crippen molar-refractivity contribution in [1.82, 2.24) is 9.80 Å². The zero-order valence-corrected chi connectivity index (χ0v) is 18.3. The molecule has 0 radical (unpaired) electrons. The smallest absolute Gasteiger partial charge is 0.321 e. The van der Waals surface area contributed by atoms with Gasteiger partial charge in [0, 0.05) is 38.4 Å². The quantitative estimate of drug-likeness (QED) is 0.619. The largest absolute Gasteiger partial charge is 0.497 e. The number of carbonyl (C=O) groups excluding carboxylic acids is 1. The number of urea groups is 1. The van der Waals surface area contributed by atoms with E-state index in [1.165, 1.54) is 0 Å². The van der Waals surface area contributed by atoms with Crippen LogP contribution in [-0.4, -0.2) is 69.4 Å². The van der Waals surface area contributed by atoms with Crippen LogP contribution < -0.4 is 14.8 Å². The predicted molar refractivity (Wildman–Crippen MR) is 122 cm³/mol. The van der Waals surface area contributed by atoms with Crippen LogP contribution in [0.15, 0.2) is 61.2 Å². The number of anilines is 1. The lowest BCUT2D eigenvalue weighted by molar-refractivity contribution is 0.0301. The van der Waals surface area contributed by atoms with Crippen LogP contribution in [0.3, 0.4) is 0 Å². The minimum Gasteiger partial charge on any atom is -0.497 e. The first-order chi connectivity index (χ1) is 15.1. The number of nitrogens with one attached hydrogen (secondary N) is 1. The summed E-state index contributed by atoms with van der Waals surface area (Å²) in [7, 11) is 3.28. The summed E-state index contributed by atoms with van der Waals surface area (Å²) >= 11 is 0. The van der Waals surface area contributed by atoms with E-state index in [9.17, 15) is 4.79 Å². The van der Waals surface area contributed by atoms with Crippen LogP contribution in [0.1, 0.15) is 11.7 Å². The van der Waals surface area contributed by atoms with Gasteiger partial charge in [-0.2, -0.15) is 0 Å². The Balaban J connectivity index is 1.54. The SMILES string of the molecule is C=CCO[C@@H](CN1CCN(C(=O)Nc2ccc(OC)cc2)CC1)c1cccc(OC)c1. The topological polar surface area (TPSA) is 63.3 Å². The maximum atomic E-state index is 12.6. The molecule has 2 amide bonds. The van der Waals surface area contributed by atoms with Gasteiger partial charge in [-0.1, -0.05) is 18.2 Å². The first-order valence-electron chi connectivity index (χ1n) is 10.4. The van der Waals surface area contributed by atoms with Gasteiger partial charge in [0.15, 0.2) is 0 Å². The molecule has 1 saturated heterocycles. The Morgan fingerprint density at radius 3 is 2.42 bits per heavy atom. The van der Waals surface area contributed by atoms with E-state index in [2.05, 4.69) is 22.9 Å². The van der Waals surface area contributed by atoms with E-state index in [1.54, 1.807) is 20.3 Å². The number of ether oxygens (including phenoxy) is 3. The molecule has 1 heterocycles. The van der Waals surface area contributed by atoms with Gasteiger partial charge in [-0.15, -0.1) is 6.58 Å². The van der Waals surface area contributed by atoms with Crippen LogP contribution in [0.25, 0.3) is 0 Å². The van der Waals surface area contributed by atoms with Crippen molar-refractivity contribution < 1.29 is 19.0 Å². The monoisotopic (exact) mass is 425 g/mol. The molecule has 1 fully saturated rings. The Labute approximate surface area is 184 Å². The van der Waals surface area contributed by atoms with Gasteiger partial charge < -0.3 is 24.4 Å². The van der Waals surface area contributed by atoms with Crippen molar-refractivity contribution >= 4 is 11.7 Å². The van der Waals surface area contributed by atoms with Crippen molar-refractivity contribution in [1.29, 1.82) is 0 Å². The predicted octanol–water partition coefficient (Wildman–Crippen LogP) is 3.80. The molecule has 1 aliphatic rings. The van der Waals surface area contributed by atoms with Gasteiger partial charge in [0.05, 0.1) is 26.9 Å². The summed E-state index contributed by atoms with van der Waals surface area (Å²) in [6.45, 7) is 7.88. The first-order valence-corrected chi connectivity index (χ1v) is 10.4. The summed E-state index contributed by atoms with van der Waals surface area (Å²) in [6, 6.07) is 15.2. The van der Waals surface area contributed by atoms with Crippen LogP contribution >= 0.6 is 0 Å². The number of carbonyl (C=O) groups is 1. The molecule has 0 unspecified atom stereocenters. The summed E-state index contributed by atoms with van der Waals surface area (Å²) in [5, 5.41) is 2.95. The number of piperazine rings is 1. The second kappa shape index (κ2) is 11.4.